The summed E-state index contributed by atoms with van der Waals surface area (Å²) >= 11 is 0. The maximum absolute atomic E-state index is 11.0. The zero-order valence-electron chi connectivity index (χ0n) is 9.83. The van der Waals surface area contributed by atoms with Gasteiger partial charge in [0, 0.05) is 17.0 Å². The molecule has 0 radical (unpaired) electrons. The van der Waals surface area contributed by atoms with E-state index in [1.807, 2.05) is 26.0 Å². The lowest BCUT2D eigenvalue weighted by atomic mass is 10.2. The number of hydrogen-bond acceptors (Lipinski definition) is 3. The molecule has 1 aromatic heterocycles. The molecule has 0 aliphatic heterocycles. The molecule has 0 atom stereocenters. The van der Waals surface area contributed by atoms with Crippen molar-refractivity contribution >= 4 is 5.97 Å². The first-order chi connectivity index (χ1) is 7.61. The number of carbonyl (C=O) groups excluding carboxylic acids is 1. The first-order valence-corrected chi connectivity index (χ1v) is 5.21. The minimum atomic E-state index is -0.280. The number of hydrogen-bond donors (Lipinski definition) is 0. The van der Waals surface area contributed by atoms with Crippen LogP contribution in [0.5, 0.6) is 0 Å². The second-order valence-electron chi connectivity index (χ2n) is 3.42. The van der Waals surface area contributed by atoms with Crippen molar-refractivity contribution in [3.63, 3.8) is 0 Å². The van der Waals surface area contributed by atoms with Crippen molar-refractivity contribution in [1.82, 2.24) is 4.98 Å². The van der Waals surface area contributed by atoms with Crippen molar-refractivity contribution in [3.05, 3.63) is 29.1 Å². The number of nitrogens with zero attached hydrogens (tertiary/aromatic N) is 1. The van der Waals surface area contributed by atoms with E-state index in [1.54, 1.807) is 6.92 Å². The largest absolute Gasteiger partial charge is 0.465 e. The maximum atomic E-state index is 11.0. The molecule has 1 rings (SSSR count). The van der Waals surface area contributed by atoms with Crippen LogP contribution in [0.4, 0.5) is 0 Å². The predicted molar refractivity (Wildman–Crippen MR) is 61.8 cm³/mol. The minimum absolute atomic E-state index is 0.133. The number of pyridine rings is 1. The van der Waals surface area contributed by atoms with Crippen LogP contribution in [-0.2, 0) is 9.53 Å². The van der Waals surface area contributed by atoms with Gasteiger partial charge in [-0.1, -0.05) is 11.8 Å². The van der Waals surface area contributed by atoms with Crippen molar-refractivity contribution in [2.24, 2.45) is 0 Å². The van der Waals surface area contributed by atoms with Crippen LogP contribution in [0.2, 0.25) is 0 Å². The lowest BCUT2D eigenvalue weighted by Crippen LogP contribution is -2.01. The molecule has 1 heterocycles. The molecule has 0 aliphatic rings. The van der Waals surface area contributed by atoms with E-state index in [4.69, 9.17) is 4.74 Å². The quantitative estimate of drug-likeness (QED) is 0.562. The Bertz CT molecular complexity index is 421. The van der Waals surface area contributed by atoms with Gasteiger partial charge in [-0.15, -0.1) is 0 Å². The molecule has 16 heavy (non-hydrogen) atoms. The first kappa shape index (κ1) is 12.3. The molecule has 0 aliphatic carbocycles. The van der Waals surface area contributed by atoms with Gasteiger partial charge in [0.1, 0.15) is 6.42 Å². The molecule has 0 unspecified atom stereocenters. The number of aromatic nitrogens is 1. The molecule has 0 bridgehead atoms. The van der Waals surface area contributed by atoms with Gasteiger partial charge in [-0.2, -0.15) is 0 Å². The van der Waals surface area contributed by atoms with Gasteiger partial charge >= 0.3 is 5.97 Å². The molecule has 0 saturated carbocycles. The molecule has 0 N–H and O–H groups in total. The smallest absolute Gasteiger partial charge is 0.317 e. The Morgan fingerprint density at radius 1 is 1.38 bits per heavy atom. The summed E-state index contributed by atoms with van der Waals surface area (Å²) in [5.74, 6) is 5.43. The van der Waals surface area contributed by atoms with Crippen molar-refractivity contribution in [1.29, 1.82) is 0 Å². The fourth-order valence-electron chi connectivity index (χ4n) is 1.34. The summed E-state index contributed by atoms with van der Waals surface area (Å²) in [6.45, 7) is 6.02. The Balaban J connectivity index is 2.66. The summed E-state index contributed by atoms with van der Waals surface area (Å²) in [5, 5.41) is 0. The first-order valence-electron chi connectivity index (χ1n) is 5.21. The van der Waals surface area contributed by atoms with Gasteiger partial charge in [-0.25, -0.2) is 0 Å². The monoisotopic (exact) mass is 217 g/mol. The third-order valence-corrected chi connectivity index (χ3v) is 1.85. The number of carbonyl (C=O) groups is 1. The lowest BCUT2D eigenvalue weighted by Gasteiger charge is -1.97. The van der Waals surface area contributed by atoms with Gasteiger partial charge in [0.15, 0.2) is 0 Å². The van der Waals surface area contributed by atoms with Gasteiger partial charge in [0.05, 0.1) is 6.61 Å². The van der Waals surface area contributed by atoms with E-state index in [9.17, 15) is 4.79 Å². The van der Waals surface area contributed by atoms with Gasteiger partial charge in [0.25, 0.3) is 0 Å². The van der Waals surface area contributed by atoms with Crippen molar-refractivity contribution in [3.8, 4) is 11.8 Å². The summed E-state index contributed by atoms with van der Waals surface area (Å²) in [6.07, 6.45) is 0.133. The van der Waals surface area contributed by atoms with E-state index in [0.717, 1.165) is 17.0 Å². The fourth-order valence-corrected chi connectivity index (χ4v) is 1.34. The van der Waals surface area contributed by atoms with Crippen LogP contribution in [-0.4, -0.2) is 17.6 Å². The number of ether oxygens (including phenoxy) is 1. The van der Waals surface area contributed by atoms with Crippen LogP contribution < -0.4 is 0 Å². The van der Waals surface area contributed by atoms with Crippen LogP contribution in [0, 0.1) is 25.7 Å². The van der Waals surface area contributed by atoms with Crippen molar-refractivity contribution in [2.45, 2.75) is 27.2 Å². The van der Waals surface area contributed by atoms with E-state index < -0.39 is 0 Å². The van der Waals surface area contributed by atoms with Crippen LogP contribution in [0.1, 0.15) is 30.3 Å². The van der Waals surface area contributed by atoms with E-state index in [0.29, 0.717) is 6.61 Å². The molecule has 0 spiro atoms. The van der Waals surface area contributed by atoms with Gasteiger partial charge < -0.3 is 4.74 Å². The van der Waals surface area contributed by atoms with Crippen LogP contribution in [0.15, 0.2) is 12.1 Å². The third-order valence-electron chi connectivity index (χ3n) is 1.85. The average Bonchev–Trinajstić information content (AvgIpc) is 2.16. The summed E-state index contributed by atoms with van der Waals surface area (Å²) in [7, 11) is 0. The summed E-state index contributed by atoms with van der Waals surface area (Å²) < 4.78 is 4.77. The van der Waals surface area contributed by atoms with E-state index >= 15 is 0 Å². The minimum Gasteiger partial charge on any atom is -0.465 e. The number of esters is 1. The summed E-state index contributed by atoms with van der Waals surface area (Å²) in [6, 6.07) is 3.79. The molecule has 0 saturated heterocycles. The van der Waals surface area contributed by atoms with E-state index in [1.165, 1.54) is 0 Å². The summed E-state index contributed by atoms with van der Waals surface area (Å²) in [4.78, 5) is 15.3. The van der Waals surface area contributed by atoms with Gasteiger partial charge in [-0.3, -0.25) is 9.78 Å². The third kappa shape index (κ3) is 4.14. The summed E-state index contributed by atoms with van der Waals surface area (Å²) in [5.41, 5.74) is 2.75. The zero-order chi connectivity index (χ0) is 12.0. The van der Waals surface area contributed by atoms with Crippen LogP contribution in [0.25, 0.3) is 0 Å². The molecule has 3 heteroatoms. The molecule has 0 aromatic carbocycles. The molecule has 84 valence electrons. The molecular formula is C13H15NO2. The standard InChI is InChI=1S/C13H15NO2/c1-4-16-13(15)7-5-6-12-8-10(2)14-11(3)9-12/h8-9H,4,7H2,1-3H3. The number of aryl methyl sites for hydroxylation is 2. The molecule has 1 aromatic rings. The van der Waals surface area contributed by atoms with Crippen molar-refractivity contribution in [2.75, 3.05) is 6.61 Å². The molecular weight excluding hydrogens is 202 g/mol. The fraction of sp³-hybridized carbons (Fsp3) is 0.385. The van der Waals surface area contributed by atoms with Gasteiger partial charge in [-0.05, 0) is 32.9 Å². The highest BCUT2D eigenvalue weighted by Gasteiger charge is 1.97. The normalized spacial score (nSPS) is 9.19. The number of rotatable bonds is 2. The highest BCUT2D eigenvalue weighted by molar-refractivity contribution is 5.72. The molecule has 0 amide bonds. The Labute approximate surface area is 95.8 Å². The lowest BCUT2D eigenvalue weighted by molar-refractivity contribution is -0.141. The Morgan fingerprint density at radius 3 is 2.56 bits per heavy atom. The predicted octanol–water partition coefficient (Wildman–Crippen LogP) is 2.00. The van der Waals surface area contributed by atoms with Gasteiger partial charge in [0.2, 0.25) is 0 Å². The highest BCUT2D eigenvalue weighted by atomic mass is 16.5. The highest BCUT2D eigenvalue weighted by Crippen LogP contribution is 2.03. The molecule has 0 fully saturated rings. The average molecular weight is 217 g/mol. The topological polar surface area (TPSA) is 39.2 Å². The zero-order valence-corrected chi connectivity index (χ0v) is 9.83. The Morgan fingerprint density at radius 2 is 2.00 bits per heavy atom. The van der Waals surface area contributed by atoms with E-state index in [-0.39, 0.29) is 12.4 Å². The second kappa shape index (κ2) is 5.92. The van der Waals surface area contributed by atoms with E-state index in [2.05, 4.69) is 16.8 Å². The Hall–Kier alpha value is -1.82. The van der Waals surface area contributed by atoms with Crippen LogP contribution >= 0.6 is 0 Å². The van der Waals surface area contributed by atoms with Crippen molar-refractivity contribution < 1.29 is 9.53 Å². The maximum Gasteiger partial charge on any atom is 0.317 e. The van der Waals surface area contributed by atoms with Crippen LogP contribution in [0.3, 0.4) is 0 Å². The SMILES string of the molecule is CCOC(=O)CC#Cc1cc(C)nc(C)c1. The second-order valence-corrected chi connectivity index (χ2v) is 3.42. The molecule has 3 nitrogen and oxygen atoms in total. The Kier molecular flexibility index (Phi) is 4.53.